The summed E-state index contributed by atoms with van der Waals surface area (Å²) in [6, 6.07) is 13.1. The van der Waals surface area contributed by atoms with Gasteiger partial charge in [-0.3, -0.25) is 9.59 Å². The molecular formula is C17H14N6O2. The zero-order valence-corrected chi connectivity index (χ0v) is 13.2. The van der Waals surface area contributed by atoms with Crippen molar-refractivity contribution in [1.29, 1.82) is 5.26 Å². The van der Waals surface area contributed by atoms with Gasteiger partial charge in [-0.05, 0) is 36.4 Å². The van der Waals surface area contributed by atoms with Crippen molar-refractivity contribution in [1.82, 2.24) is 24.9 Å². The molecule has 2 heterocycles. The number of hydrogen-bond donors (Lipinski definition) is 1. The van der Waals surface area contributed by atoms with Crippen LogP contribution in [0.3, 0.4) is 0 Å². The Bertz CT molecular complexity index is 968. The Labute approximate surface area is 142 Å². The average Bonchev–Trinajstić information content (AvgIpc) is 3.18. The van der Waals surface area contributed by atoms with Crippen LogP contribution in [0.25, 0.3) is 5.82 Å². The van der Waals surface area contributed by atoms with E-state index in [9.17, 15) is 9.59 Å². The Morgan fingerprint density at radius 2 is 2.00 bits per heavy atom. The molecule has 0 saturated heterocycles. The fourth-order valence-corrected chi connectivity index (χ4v) is 2.20. The number of carbonyl (C=O) groups excluding carboxylic acids is 1. The van der Waals surface area contributed by atoms with Crippen LogP contribution >= 0.6 is 0 Å². The molecule has 3 rings (SSSR count). The minimum atomic E-state index is -0.277. The Morgan fingerprint density at radius 3 is 2.68 bits per heavy atom. The van der Waals surface area contributed by atoms with Crippen LogP contribution in [0, 0.1) is 11.3 Å². The van der Waals surface area contributed by atoms with E-state index in [2.05, 4.69) is 15.5 Å². The molecule has 1 aromatic carbocycles. The third kappa shape index (κ3) is 3.79. The van der Waals surface area contributed by atoms with E-state index in [-0.39, 0.29) is 24.6 Å². The first-order valence-corrected chi connectivity index (χ1v) is 7.54. The lowest BCUT2D eigenvalue weighted by Gasteiger charge is -2.08. The van der Waals surface area contributed by atoms with E-state index in [0.29, 0.717) is 16.9 Å². The van der Waals surface area contributed by atoms with Crippen molar-refractivity contribution < 1.29 is 4.79 Å². The summed E-state index contributed by atoms with van der Waals surface area (Å²) in [5.41, 5.74) is 0.677. The average molecular weight is 334 g/mol. The normalized spacial score (nSPS) is 10.2. The molecule has 0 aliphatic heterocycles. The molecule has 3 aromatic rings. The highest BCUT2D eigenvalue weighted by atomic mass is 16.2. The molecule has 0 radical (unpaired) electrons. The highest BCUT2D eigenvalue weighted by molar-refractivity contribution is 5.94. The van der Waals surface area contributed by atoms with Crippen LogP contribution < -0.4 is 10.9 Å². The van der Waals surface area contributed by atoms with E-state index in [4.69, 9.17) is 5.26 Å². The minimum absolute atomic E-state index is 0.232. The number of benzene rings is 1. The molecule has 0 atom stereocenters. The summed E-state index contributed by atoms with van der Waals surface area (Å²) < 4.78 is 2.82. The maximum atomic E-state index is 12.1. The van der Waals surface area contributed by atoms with Gasteiger partial charge in [-0.1, -0.05) is 0 Å². The second-order valence-corrected chi connectivity index (χ2v) is 5.15. The van der Waals surface area contributed by atoms with Gasteiger partial charge in [0.1, 0.15) is 0 Å². The summed E-state index contributed by atoms with van der Waals surface area (Å²) in [5.74, 6) is 0.240. The van der Waals surface area contributed by atoms with Crippen molar-refractivity contribution in [3.63, 3.8) is 0 Å². The largest absolute Gasteiger partial charge is 0.350 e. The highest BCUT2D eigenvalue weighted by Crippen LogP contribution is 2.03. The molecule has 25 heavy (non-hydrogen) atoms. The van der Waals surface area contributed by atoms with E-state index in [1.807, 2.05) is 6.07 Å². The first-order valence-electron chi connectivity index (χ1n) is 7.54. The highest BCUT2D eigenvalue weighted by Gasteiger charge is 2.06. The number of hydrogen-bond acceptors (Lipinski definition) is 5. The van der Waals surface area contributed by atoms with Crippen molar-refractivity contribution in [3.8, 4) is 11.9 Å². The van der Waals surface area contributed by atoms with Crippen LogP contribution in [0.4, 0.5) is 0 Å². The SMILES string of the molecule is N#Cc1ccc(C(=O)NCCn2nc(-n3cccn3)ccc2=O)cc1. The molecule has 8 heteroatoms. The van der Waals surface area contributed by atoms with Crippen molar-refractivity contribution in [2.24, 2.45) is 0 Å². The van der Waals surface area contributed by atoms with Crippen LogP contribution in [0.15, 0.2) is 59.7 Å². The van der Waals surface area contributed by atoms with Crippen LogP contribution in [0.2, 0.25) is 0 Å². The lowest BCUT2D eigenvalue weighted by molar-refractivity contribution is 0.0951. The van der Waals surface area contributed by atoms with Gasteiger partial charge in [0.05, 0.1) is 18.2 Å². The molecule has 1 N–H and O–H groups in total. The second-order valence-electron chi connectivity index (χ2n) is 5.15. The van der Waals surface area contributed by atoms with E-state index in [1.165, 1.54) is 10.7 Å². The third-order valence-corrected chi connectivity index (χ3v) is 3.48. The molecule has 124 valence electrons. The molecular weight excluding hydrogens is 320 g/mol. The van der Waals surface area contributed by atoms with Gasteiger partial charge in [0, 0.05) is 30.6 Å². The topological polar surface area (TPSA) is 106 Å². The quantitative estimate of drug-likeness (QED) is 0.740. The van der Waals surface area contributed by atoms with Crippen LogP contribution in [-0.4, -0.2) is 32.0 Å². The molecule has 8 nitrogen and oxygen atoms in total. The summed E-state index contributed by atoms with van der Waals surface area (Å²) in [6.45, 7) is 0.476. The van der Waals surface area contributed by atoms with E-state index >= 15 is 0 Å². The Morgan fingerprint density at radius 1 is 1.20 bits per heavy atom. The van der Waals surface area contributed by atoms with Crippen molar-refractivity contribution in [3.05, 3.63) is 76.3 Å². The van der Waals surface area contributed by atoms with Gasteiger partial charge in [0.25, 0.3) is 11.5 Å². The number of rotatable bonds is 5. The summed E-state index contributed by atoms with van der Waals surface area (Å²) in [5, 5.41) is 19.8. The zero-order chi connectivity index (χ0) is 17.6. The summed E-state index contributed by atoms with van der Waals surface area (Å²) in [6.07, 6.45) is 3.35. The number of nitriles is 1. The molecule has 2 aromatic heterocycles. The fraction of sp³-hybridized carbons (Fsp3) is 0.118. The Balaban J connectivity index is 1.63. The Hall–Kier alpha value is -3.73. The van der Waals surface area contributed by atoms with Crippen LogP contribution in [0.5, 0.6) is 0 Å². The minimum Gasteiger partial charge on any atom is -0.350 e. The van der Waals surface area contributed by atoms with E-state index in [0.717, 1.165) is 0 Å². The van der Waals surface area contributed by atoms with Gasteiger partial charge in [0.15, 0.2) is 5.82 Å². The molecule has 0 saturated carbocycles. The molecule has 0 bridgehead atoms. The van der Waals surface area contributed by atoms with Gasteiger partial charge in [0.2, 0.25) is 0 Å². The number of nitrogens with zero attached hydrogens (tertiary/aromatic N) is 5. The van der Waals surface area contributed by atoms with Crippen molar-refractivity contribution in [2.75, 3.05) is 6.54 Å². The third-order valence-electron chi connectivity index (χ3n) is 3.48. The zero-order valence-electron chi connectivity index (χ0n) is 13.2. The molecule has 1 amide bonds. The summed E-state index contributed by atoms with van der Waals surface area (Å²) in [4.78, 5) is 23.9. The monoisotopic (exact) mass is 334 g/mol. The molecule has 0 spiro atoms. The predicted octanol–water partition coefficient (Wildman–Crippen LogP) is 0.731. The Kier molecular flexibility index (Phi) is 4.67. The van der Waals surface area contributed by atoms with Crippen LogP contribution in [-0.2, 0) is 6.54 Å². The number of aromatic nitrogens is 4. The molecule has 0 aliphatic carbocycles. The van der Waals surface area contributed by atoms with Crippen LogP contribution in [0.1, 0.15) is 15.9 Å². The van der Waals surface area contributed by atoms with Crippen molar-refractivity contribution >= 4 is 5.91 Å². The summed E-state index contributed by atoms with van der Waals surface area (Å²) in [7, 11) is 0. The number of amides is 1. The van der Waals surface area contributed by atoms with Gasteiger partial charge in [-0.15, -0.1) is 5.10 Å². The maximum Gasteiger partial charge on any atom is 0.266 e. The molecule has 0 aliphatic rings. The first kappa shape index (κ1) is 16.1. The standard InChI is InChI=1S/C17H14N6O2/c18-12-13-2-4-14(5-3-13)17(25)19-9-11-23-16(24)7-6-15(21-23)22-10-1-8-20-22/h1-8,10H,9,11H2,(H,19,25). The maximum absolute atomic E-state index is 12.1. The summed E-state index contributed by atoms with van der Waals surface area (Å²) >= 11 is 0. The van der Waals surface area contributed by atoms with Crippen molar-refractivity contribution in [2.45, 2.75) is 6.54 Å². The van der Waals surface area contributed by atoms with E-state index < -0.39 is 0 Å². The molecule has 0 unspecified atom stereocenters. The predicted molar refractivity (Wildman–Crippen MR) is 89.1 cm³/mol. The fourth-order valence-electron chi connectivity index (χ4n) is 2.20. The van der Waals surface area contributed by atoms with E-state index in [1.54, 1.807) is 53.5 Å². The van der Waals surface area contributed by atoms with Gasteiger partial charge in [-0.25, -0.2) is 9.36 Å². The number of nitrogens with one attached hydrogen (secondary N) is 1. The van der Waals surface area contributed by atoms with Gasteiger partial charge in [-0.2, -0.15) is 10.4 Å². The lowest BCUT2D eigenvalue weighted by Crippen LogP contribution is -2.32. The smallest absolute Gasteiger partial charge is 0.266 e. The molecule has 0 fully saturated rings. The second kappa shape index (κ2) is 7.23. The lowest BCUT2D eigenvalue weighted by atomic mass is 10.1. The number of carbonyl (C=O) groups is 1. The first-order chi connectivity index (χ1) is 12.2. The van der Waals surface area contributed by atoms with Gasteiger partial charge < -0.3 is 5.32 Å². The van der Waals surface area contributed by atoms with Gasteiger partial charge >= 0.3 is 0 Å².